The summed E-state index contributed by atoms with van der Waals surface area (Å²) in [6.45, 7) is 4.19. The molecular formula is C22H23N3O3S. The molecule has 0 aliphatic heterocycles. The van der Waals surface area contributed by atoms with E-state index in [-0.39, 0.29) is 18.4 Å². The van der Waals surface area contributed by atoms with Crippen molar-refractivity contribution in [2.45, 2.75) is 13.8 Å². The van der Waals surface area contributed by atoms with Crippen LogP contribution in [0.1, 0.15) is 23.0 Å². The van der Waals surface area contributed by atoms with E-state index in [1.165, 1.54) is 21.8 Å². The average Bonchev–Trinajstić information content (AvgIpc) is 3.22. The predicted octanol–water partition coefficient (Wildman–Crippen LogP) is 4.23. The van der Waals surface area contributed by atoms with Crippen LogP contribution in [0.15, 0.2) is 53.9 Å². The normalized spacial score (nSPS) is 10.4. The topological polar surface area (TPSA) is 71.5 Å². The largest absolute Gasteiger partial charge is 0.495 e. The third-order valence-electron chi connectivity index (χ3n) is 4.41. The first-order valence-electron chi connectivity index (χ1n) is 9.26. The Morgan fingerprint density at radius 3 is 2.55 bits per heavy atom. The Labute approximate surface area is 174 Å². The number of hydrogen-bond acceptors (Lipinski definition) is 5. The zero-order valence-corrected chi connectivity index (χ0v) is 17.5. The van der Waals surface area contributed by atoms with Gasteiger partial charge in [-0.05, 0) is 26.0 Å². The van der Waals surface area contributed by atoms with Crippen LogP contribution in [-0.2, 0) is 4.79 Å². The van der Waals surface area contributed by atoms with Gasteiger partial charge >= 0.3 is 0 Å². The molecule has 3 aromatic rings. The van der Waals surface area contributed by atoms with E-state index in [0.717, 1.165) is 10.6 Å². The van der Waals surface area contributed by atoms with Gasteiger partial charge in [-0.3, -0.25) is 9.59 Å². The number of nitrogens with zero attached hydrogens (tertiary/aromatic N) is 2. The van der Waals surface area contributed by atoms with Crippen molar-refractivity contribution in [2.75, 3.05) is 25.5 Å². The molecule has 150 valence electrons. The zero-order chi connectivity index (χ0) is 20.8. The first-order valence-corrected chi connectivity index (χ1v) is 10.1. The lowest BCUT2D eigenvalue weighted by Gasteiger charge is -2.19. The van der Waals surface area contributed by atoms with Gasteiger partial charge in [0.2, 0.25) is 5.91 Å². The van der Waals surface area contributed by atoms with Gasteiger partial charge in [-0.1, -0.05) is 42.0 Å². The summed E-state index contributed by atoms with van der Waals surface area (Å²) >= 11 is 1.42. The van der Waals surface area contributed by atoms with Crippen molar-refractivity contribution in [2.24, 2.45) is 0 Å². The highest BCUT2D eigenvalue weighted by molar-refractivity contribution is 7.13. The molecule has 1 aromatic heterocycles. The second-order valence-corrected chi connectivity index (χ2v) is 7.33. The molecule has 0 bridgehead atoms. The van der Waals surface area contributed by atoms with Gasteiger partial charge in [-0.25, -0.2) is 4.98 Å². The average molecular weight is 410 g/mol. The van der Waals surface area contributed by atoms with E-state index >= 15 is 0 Å². The van der Waals surface area contributed by atoms with Crippen LogP contribution in [0.3, 0.4) is 0 Å². The van der Waals surface area contributed by atoms with E-state index in [1.807, 2.05) is 50.2 Å². The Bertz CT molecular complexity index is 999. The molecular weight excluding hydrogens is 386 g/mol. The third kappa shape index (κ3) is 5.00. The standard InChI is InChI=1S/C22H23N3O3S/c1-4-25(13-20(26)23-17-7-5-6-8-19(17)28-3)22(27)18-14-29-21(24-18)16-11-9-15(2)10-12-16/h5-12,14H,4,13H2,1-3H3,(H,23,26). The second-order valence-electron chi connectivity index (χ2n) is 6.47. The maximum Gasteiger partial charge on any atom is 0.273 e. The van der Waals surface area contributed by atoms with Gasteiger partial charge < -0.3 is 15.0 Å². The minimum absolute atomic E-state index is 0.0647. The molecule has 0 unspecified atom stereocenters. The molecule has 0 atom stereocenters. The number of nitrogens with one attached hydrogen (secondary N) is 1. The Morgan fingerprint density at radius 2 is 1.86 bits per heavy atom. The number of amides is 2. The number of methoxy groups -OCH3 is 1. The smallest absolute Gasteiger partial charge is 0.273 e. The molecule has 2 amide bonds. The third-order valence-corrected chi connectivity index (χ3v) is 5.30. The van der Waals surface area contributed by atoms with Crippen molar-refractivity contribution in [1.29, 1.82) is 0 Å². The molecule has 0 saturated heterocycles. The van der Waals surface area contributed by atoms with E-state index in [4.69, 9.17) is 4.74 Å². The van der Waals surface area contributed by atoms with E-state index in [0.29, 0.717) is 23.7 Å². The lowest BCUT2D eigenvalue weighted by molar-refractivity contribution is -0.116. The van der Waals surface area contributed by atoms with Gasteiger partial charge in [0.25, 0.3) is 5.91 Å². The number of hydrogen-bond donors (Lipinski definition) is 1. The van der Waals surface area contributed by atoms with E-state index in [1.54, 1.807) is 24.6 Å². The number of likely N-dealkylation sites (N-methyl/N-ethyl adjacent to an activating group) is 1. The predicted molar refractivity (Wildman–Crippen MR) is 115 cm³/mol. The summed E-state index contributed by atoms with van der Waals surface area (Å²) in [4.78, 5) is 31.3. The zero-order valence-electron chi connectivity index (χ0n) is 16.6. The lowest BCUT2D eigenvalue weighted by Crippen LogP contribution is -2.38. The Kier molecular flexibility index (Phi) is 6.61. The highest BCUT2D eigenvalue weighted by atomic mass is 32.1. The van der Waals surface area contributed by atoms with Crippen LogP contribution in [-0.4, -0.2) is 41.9 Å². The highest BCUT2D eigenvalue weighted by Gasteiger charge is 2.21. The molecule has 1 heterocycles. The minimum Gasteiger partial charge on any atom is -0.495 e. The number of carbonyl (C=O) groups is 2. The Balaban J connectivity index is 1.69. The molecule has 0 saturated carbocycles. The van der Waals surface area contributed by atoms with Crippen LogP contribution in [0.5, 0.6) is 5.75 Å². The molecule has 0 aliphatic carbocycles. The van der Waals surface area contributed by atoms with Gasteiger partial charge in [0.1, 0.15) is 23.0 Å². The molecule has 3 rings (SSSR count). The lowest BCUT2D eigenvalue weighted by atomic mass is 10.2. The van der Waals surface area contributed by atoms with Crippen molar-refractivity contribution in [1.82, 2.24) is 9.88 Å². The molecule has 0 radical (unpaired) electrons. The summed E-state index contributed by atoms with van der Waals surface area (Å²) in [7, 11) is 1.54. The van der Waals surface area contributed by atoms with E-state index in [9.17, 15) is 9.59 Å². The monoisotopic (exact) mass is 409 g/mol. The maximum atomic E-state index is 12.9. The molecule has 2 aromatic carbocycles. The summed E-state index contributed by atoms with van der Waals surface area (Å²) in [6, 6.07) is 15.1. The molecule has 7 heteroatoms. The van der Waals surface area contributed by atoms with Crippen molar-refractivity contribution < 1.29 is 14.3 Å². The number of anilines is 1. The number of thiazole rings is 1. The van der Waals surface area contributed by atoms with Crippen LogP contribution in [0.25, 0.3) is 10.6 Å². The van der Waals surface area contributed by atoms with Crippen molar-refractivity contribution >= 4 is 28.8 Å². The highest BCUT2D eigenvalue weighted by Crippen LogP contribution is 2.25. The van der Waals surface area contributed by atoms with Crippen molar-refractivity contribution in [3.8, 4) is 16.3 Å². The van der Waals surface area contributed by atoms with E-state index < -0.39 is 0 Å². The Hall–Kier alpha value is -3.19. The number of carbonyl (C=O) groups excluding carboxylic acids is 2. The van der Waals surface area contributed by atoms with Crippen LogP contribution in [0.2, 0.25) is 0 Å². The summed E-state index contributed by atoms with van der Waals surface area (Å²) in [5, 5.41) is 5.31. The second kappa shape index (κ2) is 9.34. The van der Waals surface area contributed by atoms with Gasteiger partial charge in [-0.2, -0.15) is 0 Å². The van der Waals surface area contributed by atoms with Crippen LogP contribution < -0.4 is 10.1 Å². The molecule has 0 spiro atoms. The number of benzene rings is 2. The van der Waals surface area contributed by atoms with Gasteiger partial charge in [0.15, 0.2) is 0 Å². The number of aryl methyl sites for hydroxylation is 1. The summed E-state index contributed by atoms with van der Waals surface area (Å²) in [5.41, 5.74) is 3.05. The summed E-state index contributed by atoms with van der Waals surface area (Å²) in [6.07, 6.45) is 0. The summed E-state index contributed by atoms with van der Waals surface area (Å²) < 4.78 is 5.24. The molecule has 0 fully saturated rings. The van der Waals surface area contributed by atoms with Crippen molar-refractivity contribution in [3.05, 3.63) is 65.2 Å². The first-order chi connectivity index (χ1) is 14.0. The molecule has 0 aliphatic rings. The quantitative estimate of drug-likeness (QED) is 0.634. The first kappa shape index (κ1) is 20.5. The number of rotatable bonds is 7. The number of ether oxygens (including phenoxy) is 1. The fourth-order valence-electron chi connectivity index (χ4n) is 2.80. The minimum atomic E-state index is -0.293. The van der Waals surface area contributed by atoms with E-state index in [2.05, 4.69) is 10.3 Å². The van der Waals surface area contributed by atoms with Crippen LogP contribution in [0.4, 0.5) is 5.69 Å². The van der Waals surface area contributed by atoms with Crippen LogP contribution >= 0.6 is 11.3 Å². The summed E-state index contributed by atoms with van der Waals surface area (Å²) in [5.74, 6) is 0.00782. The van der Waals surface area contributed by atoms with Gasteiger partial charge in [0.05, 0.1) is 12.8 Å². The van der Waals surface area contributed by atoms with Gasteiger partial charge in [0, 0.05) is 17.5 Å². The van der Waals surface area contributed by atoms with Crippen molar-refractivity contribution in [3.63, 3.8) is 0 Å². The molecule has 6 nitrogen and oxygen atoms in total. The SMILES string of the molecule is CCN(CC(=O)Nc1ccccc1OC)C(=O)c1csc(-c2ccc(C)cc2)n1. The number of aromatic nitrogens is 1. The fraction of sp³-hybridized carbons (Fsp3) is 0.227. The maximum absolute atomic E-state index is 12.9. The van der Waals surface area contributed by atoms with Crippen LogP contribution in [0, 0.1) is 6.92 Å². The Morgan fingerprint density at radius 1 is 1.14 bits per heavy atom. The molecule has 1 N–H and O–H groups in total. The number of para-hydroxylation sites is 2. The van der Waals surface area contributed by atoms with Gasteiger partial charge in [-0.15, -0.1) is 11.3 Å². The molecule has 29 heavy (non-hydrogen) atoms. The fourth-order valence-corrected chi connectivity index (χ4v) is 3.60.